The van der Waals surface area contributed by atoms with Crippen LogP contribution in [0.1, 0.15) is 33.6 Å². The summed E-state index contributed by atoms with van der Waals surface area (Å²) in [5.74, 6) is -0.545. The molecule has 67 heavy (non-hydrogen) atoms. The zero-order valence-corrected chi connectivity index (χ0v) is 36.4. The molecular formula is C48H31Cl3F6N6O4. The van der Waals surface area contributed by atoms with Crippen LogP contribution in [-0.4, -0.2) is 52.8 Å². The van der Waals surface area contributed by atoms with E-state index in [0.717, 1.165) is 0 Å². The summed E-state index contributed by atoms with van der Waals surface area (Å²) >= 11 is 19.6. The summed E-state index contributed by atoms with van der Waals surface area (Å²) in [6.07, 6.45) is 0.254. The Morgan fingerprint density at radius 3 is 1.43 bits per heavy atom. The van der Waals surface area contributed by atoms with Gasteiger partial charge in [-0.2, -0.15) is 0 Å². The molecular weight excluding hydrogens is 945 g/mol. The molecule has 340 valence electrons. The molecule has 0 aliphatic rings. The van der Waals surface area contributed by atoms with Gasteiger partial charge in [-0.1, -0.05) is 83.3 Å². The minimum atomic E-state index is -4.84. The molecule has 4 aromatic heterocycles. The lowest BCUT2D eigenvalue weighted by molar-refractivity contribution is -0.275. The summed E-state index contributed by atoms with van der Waals surface area (Å²) in [4.78, 5) is 26.4. The highest BCUT2D eigenvalue weighted by Gasteiger charge is 2.37. The summed E-state index contributed by atoms with van der Waals surface area (Å²) in [6.45, 7) is 0. The van der Waals surface area contributed by atoms with Crippen molar-refractivity contribution in [2.45, 2.75) is 36.8 Å². The lowest BCUT2D eigenvalue weighted by Crippen LogP contribution is -2.32. The number of benzene rings is 4. The molecule has 8 rings (SSSR count). The number of alkyl halides is 6. The van der Waals surface area contributed by atoms with E-state index >= 15 is 0 Å². The van der Waals surface area contributed by atoms with Crippen molar-refractivity contribution < 1.29 is 46.0 Å². The fraction of sp³-hybridized carbons (Fsp3) is 0.125. The van der Waals surface area contributed by atoms with Gasteiger partial charge in [0, 0.05) is 87.9 Å². The van der Waals surface area contributed by atoms with Crippen LogP contribution in [0.4, 0.5) is 26.3 Å². The van der Waals surface area contributed by atoms with E-state index in [1.54, 1.807) is 60.7 Å². The molecule has 0 radical (unpaired) electrons. The monoisotopic (exact) mass is 974 g/mol. The Kier molecular flexibility index (Phi) is 13.2. The standard InChI is InChI=1S/C48H31Cl3F6N6O4/c49-36-9-2-31(40(50)18-36)20-46(65,43-16-8-33(22-61-43)30-5-12-38(13-6-30)67-48(55,56)57)35-25-62-44(63-26-35)39-14-1-28(17-41(39)51)19-45(64,34-23-58-27-59-24-34)42-15-7-32(21-60-42)29-3-10-37(11-4-29)66-47(52,53)54/h1-18,21-27,64-65H,19-20H2. The van der Waals surface area contributed by atoms with E-state index in [0.29, 0.717) is 54.6 Å². The van der Waals surface area contributed by atoms with Crippen LogP contribution < -0.4 is 9.47 Å². The summed E-state index contributed by atoms with van der Waals surface area (Å²) < 4.78 is 84.1. The Balaban J connectivity index is 1.05. The second kappa shape index (κ2) is 18.9. The van der Waals surface area contributed by atoms with E-state index in [4.69, 9.17) is 34.8 Å². The zero-order chi connectivity index (χ0) is 47.6. The quantitative estimate of drug-likeness (QED) is 0.107. The molecule has 10 nitrogen and oxygen atoms in total. The van der Waals surface area contributed by atoms with E-state index in [-0.39, 0.29) is 52.1 Å². The highest BCUT2D eigenvalue weighted by molar-refractivity contribution is 6.35. The smallest absolute Gasteiger partial charge is 0.406 e. The topological polar surface area (TPSA) is 136 Å². The molecule has 4 aromatic carbocycles. The number of aromatic nitrogens is 6. The van der Waals surface area contributed by atoms with Crippen molar-refractivity contribution in [3.8, 4) is 45.1 Å². The second-order valence-electron chi connectivity index (χ2n) is 15.1. The first kappa shape index (κ1) is 46.8. The number of pyridine rings is 2. The van der Waals surface area contributed by atoms with E-state index in [1.807, 2.05) is 0 Å². The summed E-state index contributed by atoms with van der Waals surface area (Å²) in [7, 11) is 0. The van der Waals surface area contributed by atoms with Crippen LogP contribution in [0, 0.1) is 0 Å². The minimum Gasteiger partial charge on any atom is -0.406 e. The van der Waals surface area contributed by atoms with Crippen LogP contribution >= 0.6 is 34.8 Å². The molecule has 19 heteroatoms. The zero-order valence-electron chi connectivity index (χ0n) is 34.1. The Morgan fingerprint density at radius 2 is 0.970 bits per heavy atom. The SMILES string of the molecule is OC(Cc1ccc(-c2ncc(C(O)(Cc3ccc(Cl)cc3Cl)c3ccc(-c4ccc(OC(F)(F)F)cc4)cn3)cn2)c(Cl)c1)(c1cncnc1)c1ccc(-c2ccc(OC(F)(F)F)cc2)cn1. The van der Waals surface area contributed by atoms with Gasteiger partial charge in [0.25, 0.3) is 0 Å². The average Bonchev–Trinajstić information content (AvgIpc) is 3.30. The van der Waals surface area contributed by atoms with Crippen LogP contribution in [-0.2, 0) is 24.0 Å². The van der Waals surface area contributed by atoms with Gasteiger partial charge < -0.3 is 19.7 Å². The fourth-order valence-corrected chi connectivity index (χ4v) is 8.04. The minimum absolute atomic E-state index is 0.0418. The molecule has 8 aromatic rings. The van der Waals surface area contributed by atoms with Crippen LogP contribution in [0.15, 0.2) is 153 Å². The maximum absolute atomic E-state index is 12.7. The number of hydrogen-bond donors (Lipinski definition) is 2. The van der Waals surface area contributed by atoms with Gasteiger partial charge in [-0.15, -0.1) is 26.3 Å². The lowest BCUT2D eigenvalue weighted by atomic mass is 9.85. The number of nitrogens with zero attached hydrogens (tertiary/aromatic N) is 6. The van der Waals surface area contributed by atoms with Gasteiger partial charge in [0.1, 0.15) is 29.0 Å². The van der Waals surface area contributed by atoms with E-state index < -0.39 is 23.9 Å². The molecule has 0 fully saturated rings. The second-order valence-corrected chi connectivity index (χ2v) is 16.3. The van der Waals surface area contributed by atoms with Crippen LogP contribution in [0.25, 0.3) is 33.6 Å². The summed E-state index contributed by atoms with van der Waals surface area (Å²) in [5.41, 5.74) is 1.12. The Labute approximate surface area is 392 Å². The van der Waals surface area contributed by atoms with E-state index in [9.17, 15) is 36.6 Å². The third kappa shape index (κ3) is 11.0. The Hall–Kier alpha value is -6.69. The Bertz CT molecular complexity index is 2990. The number of hydrogen-bond acceptors (Lipinski definition) is 10. The van der Waals surface area contributed by atoms with Crippen molar-refractivity contribution in [1.29, 1.82) is 0 Å². The molecule has 2 unspecified atom stereocenters. The molecule has 0 spiro atoms. The highest BCUT2D eigenvalue weighted by Crippen LogP contribution is 2.39. The summed E-state index contributed by atoms with van der Waals surface area (Å²) in [6, 6.07) is 27.0. The van der Waals surface area contributed by atoms with E-state index in [1.165, 1.54) is 92.0 Å². The number of aliphatic hydroxyl groups is 2. The van der Waals surface area contributed by atoms with Gasteiger partial charge in [0.05, 0.1) is 16.4 Å². The molecule has 0 saturated carbocycles. The number of rotatable bonds is 13. The van der Waals surface area contributed by atoms with Crippen molar-refractivity contribution in [2.24, 2.45) is 0 Å². The third-order valence-corrected chi connectivity index (χ3v) is 11.5. The molecule has 0 amide bonds. The van der Waals surface area contributed by atoms with Gasteiger partial charge in [0.15, 0.2) is 5.82 Å². The maximum Gasteiger partial charge on any atom is 0.573 e. The number of ether oxygens (including phenoxy) is 2. The first-order valence-electron chi connectivity index (χ1n) is 19.8. The van der Waals surface area contributed by atoms with Gasteiger partial charge in [0.2, 0.25) is 0 Å². The molecule has 0 aliphatic carbocycles. The molecule has 0 saturated heterocycles. The normalized spacial score (nSPS) is 13.7. The predicted molar refractivity (Wildman–Crippen MR) is 237 cm³/mol. The lowest BCUT2D eigenvalue weighted by Gasteiger charge is -2.29. The average molecular weight is 976 g/mol. The third-order valence-electron chi connectivity index (χ3n) is 10.6. The van der Waals surface area contributed by atoms with Crippen molar-refractivity contribution in [3.63, 3.8) is 0 Å². The number of halogens is 9. The largest absolute Gasteiger partial charge is 0.573 e. The van der Waals surface area contributed by atoms with Crippen molar-refractivity contribution in [1.82, 2.24) is 29.9 Å². The maximum atomic E-state index is 12.7. The molecule has 2 atom stereocenters. The van der Waals surface area contributed by atoms with Crippen LogP contribution in [0.2, 0.25) is 15.1 Å². The molecule has 0 aliphatic heterocycles. The van der Waals surface area contributed by atoms with Gasteiger partial charge in [-0.3, -0.25) is 9.97 Å². The van der Waals surface area contributed by atoms with Crippen molar-refractivity contribution in [3.05, 3.63) is 201 Å². The van der Waals surface area contributed by atoms with Gasteiger partial charge >= 0.3 is 12.7 Å². The molecule has 2 N–H and O–H groups in total. The van der Waals surface area contributed by atoms with Gasteiger partial charge in [-0.05, 0) is 82.9 Å². The fourth-order valence-electron chi connectivity index (χ4n) is 7.28. The van der Waals surface area contributed by atoms with E-state index in [2.05, 4.69) is 39.4 Å². The summed E-state index contributed by atoms with van der Waals surface area (Å²) in [5, 5.41) is 25.8. The first-order valence-corrected chi connectivity index (χ1v) is 20.9. The molecule has 0 bridgehead atoms. The highest BCUT2D eigenvalue weighted by atomic mass is 35.5. The molecule has 4 heterocycles. The van der Waals surface area contributed by atoms with Crippen molar-refractivity contribution in [2.75, 3.05) is 0 Å². The van der Waals surface area contributed by atoms with Crippen molar-refractivity contribution >= 4 is 34.8 Å². The predicted octanol–water partition coefficient (Wildman–Crippen LogP) is 11.8. The van der Waals surface area contributed by atoms with Gasteiger partial charge in [-0.25, -0.2) is 19.9 Å². The Morgan fingerprint density at radius 1 is 0.478 bits per heavy atom. The first-order chi connectivity index (χ1) is 31.8. The van der Waals surface area contributed by atoms with Crippen LogP contribution in [0.5, 0.6) is 11.5 Å². The van der Waals surface area contributed by atoms with Crippen LogP contribution in [0.3, 0.4) is 0 Å².